The third-order valence-electron chi connectivity index (χ3n) is 3.68. The van der Waals surface area contributed by atoms with Crippen LogP contribution in [0.4, 0.5) is 0 Å². The molecule has 1 saturated heterocycles. The van der Waals surface area contributed by atoms with Crippen molar-refractivity contribution in [3.05, 3.63) is 35.0 Å². The van der Waals surface area contributed by atoms with E-state index in [1.54, 1.807) is 0 Å². The molecule has 1 aliphatic heterocycles. The molecular weight excluding hydrogens is 278 g/mol. The zero-order valence-electron chi connectivity index (χ0n) is 11.0. The van der Waals surface area contributed by atoms with Gasteiger partial charge in [0.1, 0.15) is 5.76 Å². The van der Waals surface area contributed by atoms with Crippen LogP contribution in [0, 0.1) is 5.92 Å². The second-order valence-corrected chi connectivity index (χ2v) is 6.52. The Kier molecular flexibility index (Phi) is 4.06. The van der Waals surface area contributed by atoms with E-state index < -0.39 is 0 Å². The quantitative estimate of drug-likeness (QED) is 0.899. The van der Waals surface area contributed by atoms with Crippen molar-refractivity contribution in [2.24, 2.45) is 5.92 Å². The summed E-state index contributed by atoms with van der Waals surface area (Å²) in [7, 11) is 0. The maximum Gasteiger partial charge on any atom is 0.152 e. The lowest BCUT2D eigenvalue weighted by Gasteiger charge is -2.21. The molecule has 1 aromatic heterocycles. The second kappa shape index (κ2) is 5.78. The van der Waals surface area contributed by atoms with Crippen LogP contribution in [0.15, 0.2) is 28.7 Å². The summed E-state index contributed by atoms with van der Waals surface area (Å²) in [4.78, 5) is 0. The third kappa shape index (κ3) is 2.64. The molecule has 0 spiro atoms. The lowest BCUT2D eigenvalue weighted by Crippen LogP contribution is -2.27. The second-order valence-electron chi connectivity index (χ2n) is 4.97. The first-order valence-electron chi connectivity index (χ1n) is 6.78. The van der Waals surface area contributed by atoms with E-state index in [0.717, 1.165) is 23.3 Å². The topological polar surface area (TPSA) is 25.2 Å². The summed E-state index contributed by atoms with van der Waals surface area (Å²) in [5.74, 6) is 4.15. The number of halogens is 1. The van der Waals surface area contributed by atoms with Crippen molar-refractivity contribution in [3.63, 3.8) is 0 Å². The molecule has 2 atom stereocenters. The predicted molar refractivity (Wildman–Crippen MR) is 83.1 cm³/mol. The van der Waals surface area contributed by atoms with Crippen LogP contribution >= 0.6 is 23.4 Å². The van der Waals surface area contributed by atoms with E-state index in [4.69, 9.17) is 16.0 Å². The number of para-hydroxylation sites is 1. The lowest BCUT2D eigenvalue weighted by atomic mass is 9.97. The highest BCUT2D eigenvalue weighted by Crippen LogP contribution is 2.37. The Hall–Kier alpha value is -0.640. The maximum atomic E-state index is 6.19. The molecule has 0 saturated carbocycles. The van der Waals surface area contributed by atoms with E-state index in [1.807, 2.05) is 23.9 Å². The van der Waals surface area contributed by atoms with Crippen molar-refractivity contribution in [3.8, 4) is 0 Å². The van der Waals surface area contributed by atoms with Gasteiger partial charge in [-0.1, -0.05) is 30.7 Å². The van der Waals surface area contributed by atoms with Crippen LogP contribution in [0.25, 0.3) is 11.0 Å². The first kappa shape index (κ1) is 13.3. The van der Waals surface area contributed by atoms with Gasteiger partial charge in [0.15, 0.2) is 5.58 Å². The predicted octanol–water partition coefficient (Wildman–Crippen LogP) is 4.49. The van der Waals surface area contributed by atoms with E-state index in [2.05, 4.69) is 24.4 Å². The van der Waals surface area contributed by atoms with Crippen LogP contribution in [0.2, 0.25) is 5.02 Å². The highest BCUT2D eigenvalue weighted by Gasteiger charge is 2.28. The van der Waals surface area contributed by atoms with Crippen molar-refractivity contribution in [1.29, 1.82) is 0 Å². The fraction of sp³-hybridized carbons (Fsp3) is 0.467. The zero-order chi connectivity index (χ0) is 13.2. The van der Waals surface area contributed by atoms with Gasteiger partial charge in [0, 0.05) is 5.39 Å². The lowest BCUT2D eigenvalue weighted by molar-refractivity contribution is 0.344. The SMILES string of the molecule is CCNC(c1cc2cccc(Cl)c2o1)C1CCSC1. The van der Waals surface area contributed by atoms with Crippen LogP contribution in [-0.4, -0.2) is 18.1 Å². The fourth-order valence-electron chi connectivity index (χ4n) is 2.74. The van der Waals surface area contributed by atoms with Crippen LogP contribution in [0.3, 0.4) is 0 Å². The highest BCUT2D eigenvalue weighted by atomic mass is 35.5. The number of thioether (sulfide) groups is 1. The Labute approximate surface area is 122 Å². The van der Waals surface area contributed by atoms with Crippen molar-refractivity contribution in [1.82, 2.24) is 5.32 Å². The monoisotopic (exact) mass is 295 g/mol. The standard InChI is InChI=1S/C15H18ClNOS/c1-2-17-14(11-6-7-19-9-11)13-8-10-4-3-5-12(16)15(10)18-13/h3-5,8,11,14,17H,2,6-7,9H2,1H3. The van der Waals surface area contributed by atoms with Gasteiger partial charge in [-0.15, -0.1) is 0 Å². The Balaban J connectivity index is 1.97. The average Bonchev–Trinajstić information content (AvgIpc) is 3.05. The van der Waals surface area contributed by atoms with Gasteiger partial charge in [0.05, 0.1) is 11.1 Å². The van der Waals surface area contributed by atoms with Gasteiger partial charge in [-0.2, -0.15) is 11.8 Å². The van der Waals surface area contributed by atoms with E-state index in [9.17, 15) is 0 Å². The van der Waals surface area contributed by atoms with Crippen molar-refractivity contribution in [2.45, 2.75) is 19.4 Å². The Morgan fingerprint density at radius 2 is 2.42 bits per heavy atom. The first-order valence-corrected chi connectivity index (χ1v) is 8.32. The number of furan rings is 1. The minimum absolute atomic E-state index is 0.309. The number of benzene rings is 1. The molecule has 2 unspecified atom stereocenters. The van der Waals surface area contributed by atoms with Gasteiger partial charge in [0.25, 0.3) is 0 Å². The molecule has 1 aliphatic rings. The van der Waals surface area contributed by atoms with Crippen LogP contribution in [0.1, 0.15) is 25.1 Å². The molecule has 1 fully saturated rings. The summed E-state index contributed by atoms with van der Waals surface area (Å²) < 4.78 is 6.02. The van der Waals surface area contributed by atoms with Crippen LogP contribution in [-0.2, 0) is 0 Å². The summed E-state index contributed by atoms with van der Waals surface area (Å²) in [6.45, 7) is 3.10. The number of fused-ring (bicyclic) bond motifs is 1. The molecule has 0 radical (unpaired) electrons. The van der Waals surface area contributed by atoms with Crippen molar-refractivity contribution in [2.75, 3.05) is 18.1 Å². The minimum atomic E-state index is 0.309. The zero-order valence-corrected chi connectivity index (χ0v) is 12.6. The van der Waals surface area contributed by atoms with Gasteiger partial charge in [0.2, 0.25) is 0 Å². The van der Waals surface area contributed by atoms with E-state index >= 15 is 0 Å². The van der Waals surface area contributed by atoms with E-state index in [1.165, 1.54) is 17.9 Å². The van der Waals surface area contributed by atoms with Crippen LogP contribution in [0.5, 0.6) is 0 Å². The fourth-order valence-corrected chi connectivity index (χ4v) is 4.25. The van der Waals surface area contributed by atoms with Crippen molar-refractivity contribution < 1.29 is 4.42 Å². The summed E-state index contributed by atoms with van der Waals surface area (Å²) in [6, 6.07) is 8.35. The highest BCUT2D eigenvalue weighted by molar-refractivity contribution is 7.99. The maximum absolute atomic E-state index is 6.19. The third-order valence-corrected chi connectivity index (χ3v) is 5.17. The summed E-state index contributed by atoms with van der Waals surface area (Å²) >= 11 is 8.23. The van der Waals surface area contributed by atoms with Gasteiger partial charge < -0.3 is 9.73 Å². The normalized spacial score (nSPS) is 21.1. The molecule has 0 bridgehead atoms. The molecule has 0 aliphatic carbocycles. The molecule has 2 nitrogen and oxygen atoms in total. The largest absolute Gasteiger partial charge is 0.458 e. The Morgan fingerprint density at radius 1 is 1.53 bits per heavy atom. The number of hydrogen-bond acceptors (Lipinski definition) is 3. The van der Waals surface area contributed by atoms with Crippen molar-refractivity contribution >= 4 is 34.3 Å². The van der Waals surface area contributed by atoms with E-state index in [0.29, 0.717) is 17.0 Å². The molecular formula is C15H18ClNOS. The van der Waals surface area contributed by atoms with Gasteiger partial charge in [-0.25, -0.2) is 0 Å². The molecule has 2 heterocycles. The van der Waals surface area contributed by atoms with Gasteiger partial charge in [-0.3, -0.25) is 0 Å². The molecule has 1 aromatic carbocycles. The molecule has 0 amide bonds. The Morgan fingerprint density at radius 3 is 3.11 bits per heavy atom. The smallest absolute Gasteiger partial charge is 0.152 e. The molecule has 102 valence electrons. The summed E-state index contributed by atoms with van der Waals surface area (Å²) in [6.07, 6.45) is 1.26. The number of hydrogen-bond donors (Lipinski definition) is 1. The average molecular weight is 296 g/mol. The number of nitrogens with one attached hydrogen (secondary N) is 1. The minimum Gasteiger partial charge on any atom is -0.458 e. The van der Waals surface area contributed by atoms with Gasteiger partial charge in [-0.05, 0) is 42.5 Å². The molecule has 19 heavy (non-hydrogen) atoms. The summed E-state index contributed by atoms with van der Waals surface area (Å²) in [5.41, 5.74) is 0.813. The Bertz CT molecular complexity index is 562. The molecule has 4 heteroatoms. The van der Waals surface area contributed by atoms with Crippen LogP contribution < -0.4 is 5.32 Å². The molecule has 2 aromatic rings. The first-order chi connectivity index (χ1) is 9.29. The number of rotatable bonds is 4. The summed E-state index contributed by atoms with van der Waals surface area (Å²) in [5, 5.41) is 5.36. The molecule has 1 N–H and O–H groups in total. The molecule has 3 rings (SSSR count). The van der Waals surface area contributed by atoms with Gasteiger partial charge >= 0.3 is 0 Å². The van der Waals surface area contributed by atoms with E-state index in [-0.39, 0.29) is 0 Å².